The van der Waals surface area contributed by atoms with E-state index in [9.17, 15) is 13.6 Å². The van der Waals surface area contributed by atoms with Gasteiger partial charge in [0.1, 0.15) is 18.0 Å². The number of aromatic amines is 1. The number of fused-ring (bicyclic) bond motifs is 1. The first-order chi connectivity index (χ1) is 16.0. The van der Waals surface area contributed by atoms with Crippen molar-refractivity contribution in [2.75, 3.05) is 36.0 Å². The summed E-state index contributed by atoms with van der Waals surface area (Å²) < 4.78 is 36.6. The van der Waals surface area contributed by atoms with E-state index in [0.717, 1.165) is 5.56 Å². The minimum Gasteiger partial charge on any atom is -0.489 e. The molecule has 1 N–H and O–H groups in total. The quantitative estimate of drug-likeness (QED) is 0.496. The lowest BCUT2D eigenvalue weighted by Gasteiger charge is -2.36. The smallest absolute Gasteiger partial charge is 0.282 e. The average Bonchev–Trinajstić information content (AvgIpc) is 3.20. The number of nitrogens with one attached hydrogen (secondary N) is 1. The molecule has 5 rings (SSSR count). The molecule has 1 saturated heterocycles. The molecule has 0 aliphatic carbocycles. The summed E-state index contributed by atoms with van der Waals surface area (Å²) in [5, 5.41) is 7.61. The number of halogens is 2. The van der Waals surface area contributed by atoms with Crippen LogP contribution in [0.3, 0.4) is 0 Å². The maximum absolute atomic E-state index is 14.8. The Morgan fingerprint density at radius 3 is 2.39 bits per heavy atom. The van der Waals surface area contributed by atoms with E-state index in [-0.39, 0.29) is 29.1 Å². The number of benzene rings is 2. The van der Waals surface area contributed by atoms with E-state index in [2.05, 4.69) is 20.3 Å². The number of aryl methyl sites for hydroxylation is 1. The number of hydrogen-bond donors (Lipinski definition) is 1. The Morgan fingerprint density at radius 2 is 1.70 bits per heavy atom. The second-order valence-corrected chi connectivity index (χ2v) is 7.76. The fourth-order valence-electron chi connectivity index (χ4n) is 3.87. The highest BCUT2D eigenvalue weighted by molar-refractivity contribution is 5.69. The van der Waals surface area contributed by atoms with Crippen molar-refractivity contribution < 1.29 is 13.5 Å². The van der Waals surface area contributed by atoms with E-state index in [1.54, 1.807) is 11.9 Å². The van der Waals surface area contributed by atoms with Crippen LogP contribution in [-0.4, -0.2) is 51.1 Å². The lowest BCUT2D eigenvalue weighted by atomic mass is 10.2. The van der Waals surface area contributed by atoms with Gasteiger partial charge in [0.05, 0.1) is 0 Å². The Labute approximate surface area is 187 Å². The molecule has 170 valence electrons. The molecule has 33 heavy (non-hydrogen) atoms. The Hall–Kier alpha value is -4.02. The number of anilines is 2. The molecular weight excluding hydrogens is 432 g/mol. The van der Waals surface area contributed by atoms with Crippen LogP contribution >= 0.6 is 0 Å². The predicted octanol–water partition coefficient (Wildman–Crippen LogP) is 2.24. The topological polar surface area (TPSA) is 92.2 Å². The fraction of sp³-hybridized carbons (Fsp3) is 0.273. The van der Waals surface area contributed by atoms with Gasteiger partial charge in [0.25, 0.3) is 5.56 Å². The molecule has 2 aromatic heterocycles. The van der Waals surface area contributed by atoms with Crippen molar-refractivity contribution in [2.24, 2.45) is 7.05 Å². The first-order valence-corrected chi connectivity index (χ1v) is 10.4. The predicted molar refractivity (Wildman–Crippen MR) is 118 cm³/mol. The molecule has 1 aliphatic heterocycles. The number of aromatic nitrogens is 5. The Morgan fingerprint density at radius 1 is 1.03 bits per heavy atom. The highest BCUT2D eigenvalue weighted by Gasteiger charge is 2.25. The molecule has 0 radical (unpaired) electrons. The van der Waals surface area contributed by atoms with Crippen molar-refractivity contribution in [3.05, 3.63) is 70.0 Å². The van der Waals surface area contributed by atoms with Crippen molar-refractivity contribution in [1.29, 1.82) is 0 Å². The van der Waals surface area contributed by atoms with E-state index in [1.165, 1.54) is 16.8 Å². The van der Waals surface area contributed by atoms with Gasteiger partial charge in [0.15, 0.2) is 22.8 Å². The summed E-state index contributed by atoms with van der Waals surface area (Å²) in [5.41, 5.74) is 0.978. The van der Waals surface area contributed by atoms with E-state index in [1.807, 2.05) is 35.2 Å². The summed E-state index contributed by atoms with van der Waals surface area (Å²) in [7, 11) is 1.66. The Kier molecular flexibility index (Phi) is 5.37. The van der Waals surface area contributed by atoms with E-state index in [4.69, 9.17) is 4.74 Å². The van der Waals surface area contributed by atoms with Crippen molar-refractivity contribution in [3.63, 3.8) is 0 Å². The van der Waals surface area contributed by atoms with Gasteiger partial charge in [0, 0.05) is 45.4 Å². The van der Waals surface area contributed by atoms with Crippen LogP contribution in [0.2, 0.25) is 0 Å². The molecule has 1 aliphatic rings. The van der Waals surface area contributed by atoms with Gasteiger partial charge >= 0.3 is 0 Å². The Balaban J connectivity index is 1.29. The average molecular weight is 453 g/mol. The van der Waals surface area contributed by atoms with Gasteiger partial charge in [-0.15, -0.1) is 5.10 Å². The molecule has 3 heterocycles. The van der Waals surface area contributed by atoms with Crippen LogP contribution < -0.4 is 20.1 Å². The third-order valence-electron chi connectivity index (χ3n) is 5.58. The van der Waals surface area contributed by atoms with Crippen LogP contribution in [0.4, 0.5) is 20.4 Å². The normalized spacial score (nSPS) is 14.2. The van der Waals surface area contributed by atoms with E-state index >= 15 is 0 Å². The number of nitrogens with zero attached hydrogens (tertiary/aromatic N) is 6. The maximum atomic E-state index is 14.8. The van der Waals surface area contributed by atoms with Crippen LogP contribution in [0, 0.1) is 11.6 Å². The maximum Gasteiger partial charge on any atom is 0.282 e. The third-order valence-corrected chi connectivity index (χ3v) is 5.58. The van der Waals surface area contributed by atoms with E-state index < -0.39 is 11.6 Å². The van der Waals surface area contributed by atoms with Crippen molar-refractivity contribution >= 4 is 22.8 Å². The molecule has 0 bridgehead atoms. The summed E-state index contributed by atoms with van der Waals surface area (Å²) in [6, 6.07) is 11.8. The molecule has 0 unspecified atom stereocenters. The summed E-state index contributed by atoms with van der Waals surface area (Å²) in [6.07, 6.45) is 0. The van der Waals surface area contributed by atoms with Crippen LogP contribution in [0.15, 0.2) is 47.3 Å². The summed E-state index contributed by atoms with van der Waals surface area (Å²) >= 11 is 0. The molecular formula is C22H21F2N7O2. The van der Waals surface area contributed by atoms with Crippen molar-refractivity contribution in [3.8, 4) is 5.75 Å². The van der Waals surface area contributed by atoms with Crippen LogP contribution in [0.1, 0.15) is 5.56 Å². The second kappa shape index (κ2) is 8.49. The highest BCUT2D eigenvalue weighted by Crippen LogP contribution is 2.30. The summed E-state index contributed by atoms with van der Waals surface area (Å²) in [4.78, 5) is 22.9. The molecule has 1 fully saturated rings. The van der Waals surface area contributed by atoms with Gasteiger partial charge in [-0.05, 0) is 5.56 Å². The fourth-order valence-corrected chi connectivity index (χ4v) is 3.87. The summed E-state index contributed by atoms with van der Waals surface area (Å²) in [5.74, 6) is -0.847. The van der Waals surface area contributed by atoms with Crippen LogP contribution in [0.5, 0.6) is 5.75 Å². The molecule has 11 heteroatoms. The van der Waals surface area contributed by atoms with Gasteiger partial charge in [-0.1, -0.05) is 35.5 Å². The first-order valence-electron chi connectivity index (χ1n) is 10.4. The third kappa shape index (κ3) is 4.09. The number of rotatable bonds is 5. The number of H-pyrrole nitrogens is 1. The molecule has 4 aromatic rings. The minimum atomic E-state index is -0.680. The lowest BCUT2D eigenvalue weighted by molar-refractivity contribution is 0.302. The second-order valence-electron chi connectivity index (χ2n) is 7.76. The largest absolute Gasteiger partial charge is 0.489 e. The van der Waals surface area contributed by atoms with Gasteiger partial charge in [-0.25, -0.2) is 13.5 Å². The van der Waals surface area contributed by atoms with Crippen molar-refractivity contribution in [1.82, 2.24) is 25.0 Å². The molecule has 0 spiro atoms. The summed E-state index contributed by atoms with van der Waals surface area (Å²) in [6.45, 7) is 1.77. The van der Waals surface area contributed by atoms with Crippen LogP contribution in [-0.2, 0) is 13.7 Å². The van der Waals surface area contributed by atoms with Gasteiger partial charge in [0.2, 0.25) is 5.95 Å². The number of ether oxygens (including phenoxy) is 1. The molecule has 2 aromatic carbocycles. The van der Waals surface area contributed by atoms with Gasteiger partial charge < -0.3 is 14.5 Å². The highest BCUT2D eigenvalue weighted by atomic mass is 19.1. The zero-order chi connectivity index (χ0) is 22.9. The van der Waals surface area contributed by atoms with Crippen molar-refractivity contribution in [2.45, 2.75) is 6.61 Å². The van der Waals surface area contributed by atoms with E-state index in [0.29, 0.717) is 37.8 Å². The first kappa shape index (κ1) is 20.9. The number of piperazine rings is 1. The Bertz CT molecular complexity index is 1330. The van der Waals surface area contributed by atoms with Crippen LogP contribution in [0.25, 0.3) is 11.2 Å². The zero-order valence-electron chi connectivity index (χ0n) is 17.8. The zero-order valence-corrected chi connectivity index (χ0v) is 17.8. The number of hydrogen-bond acceptors (Lipinski definition) is 7. The minimum absolute atomic E-state index is 0.0885. The lowest BCUT2D eigenvalue weighted by Crippen LogP contribution is -2.48. The standard InChI is InChI=1S/C22H21F2N7O2/c1-29-20-18(27-28-29)21(32)26-22(25-20)31-9-7-30(8-10-31)19-16(23)11-15(12-17(19)24)33-13-14-5-3-2-4-6-14/h2-6,11-12H,7-10,13H2,1H3,(H,25,26,32). The molecule has 0 atom stereocenters. The molecule has 9 nitrogen and oxygen atoms in total. The molecule has 0 saturated carbocycles. The monoisotopic (exact) mass is 453 g/mol. The van der Waals surface area contributed by atoms with Gasteiger partial charge in [-0.2, -0.15) is 4.98 Å². The van der Waals surface area contributed by atoms with Gasteiger partial charge in [-0.3, -0.25) is 9.78 Å². The SMILES string of the molecule is Cn1nnc2c(=O)[nH]c(N3CCN(c4c(F)cc(OCc5ccccc5)cc4F)CC3)nc21. The molecule has 0 amide bonds.